The van der Waals surface area contributed by atoms with Gasteiger partial charge in [0, 0.05) is 37.2 Å². The molecule has 124 valence electrons. The Labute approximate surface area is 137 Å². The van der Waals surface area contributed by atoms with Gasteiger partial charge in [0.2, 0.25) is 10.0 Å². The first-order chi connectivity index (χ1) is 10.5. The van der Waals surface area contributed by atoms with Crippen LogP contribution in [-0.4, -0.2) is 61.6 Å². The van der Waals surface area contributed by atoms with Crippen LogP contribution in [0.15, 0.2) is 24.3 Å². The fourth-order valence-electron chi connectivity index (χ4n) is 2.75. The van der Waals surface area contributed by atoms with Gasteiger partial charge in [0.05, 0.1) is 12.4 Å². The molecule has 1 aliphatic rings. The highest BCUT2D eigenvalue weighted by Crippen LogP contribution is 2.21. The van der Waals surface area contributed by atoms with E-state index in [1.807, 2.05) is 6.92 Å². The number of piperazine rings is 1. The van der Waals surface area contributed by atoms with Gasteiger partial charge in [0.1, 0.15) is 0 Å². The van der Waals surface area contributed by atoms with Crippen LogP contribution in [0.3, 0.4) is 0 Å². The van der Waals surface area contributed by atoms with Crippen molar-refractivity contribution >= 4 is 21.6 Å². The Morgan fingerprint density at radius 2 is 1.86 bits per heavy atom. The summed E-state index contributed by atoms with van der Waals surface area (Å²) in [6.45, 7) is 4.37. The number of nitrogens with zero attached hydrogens (tertiary/aromatic N) is 2. The first-order valence-electron chi connectivity index (χ1n) is 7.54. The molecule has 1 unspecified atom stereocenters. The van der Waals surface area contributed by atoms with Crippen LogP contribution in [0.2, 0.25) is 5.02 Å². The fourth-order valence-corrected chi connectivity index (χ4v) is 4.58. The molecule has 0 bridgehead atoms. The quantitative estimate of drug-likeness (QED) is 0.849. The summed E-state index contributed by atoms with van der Waals surface area (Å²) >= 11 is 6.05. The summed E-state index contributed by atoms with van der Waals surface area (Å²) < 4.78 is 26.6. The minimum Gasteiger partial charge on any atom is -0.395 e. The molecule has 5 nitrogen and oxygen atoms in total. The van der Waals surface area contributed by atoms with Crippen LogP contribution in [0, 0.1) is 0 Å². The molecule has 0 spiro atoms. The van der Waals surface area contributed by atoms with Gasteiger partial charge in [0.15, 0.2) is 0 Å². The molecule has 1 saturated heterocycles. The summed E-state index contributed by atoms with van der Waals surface area (Å²) in [6, 6.07) is 7.15. The number of sulfonamides is 1. The molecule has 1 fully saturated rings. The molecular weight excluding hydrogens is 324 g/mol. The number of hydrogen-bond donors (Lipinski definition) is 1. The van der Waals surface area contributed by atoms with Gasteiger partial charge in [-0.15, -0.1) is 0 Å². The van der Waals surface area contributed by atoms with Crippen molar-refractivity contribution in [3.05, 3.63) is 34.9 Å². The second-order valence-corrected chi connectivity index (χ2v) is 7.90. The maximum Gasteiger partial charge on any atom is 0.218 e. The van der Waals surface area contributed by atoms with Crippen molar-refractivity contribution in [2.75, 3.05) is 32.8 Å². The van der Waals surface area contributed by atoms with Crippen LogP contribution in [0.5, 0.6) is 0 Å². The molecule has 0 saturated carbocycles. The van der Waals surface area contributed by atoms with Gasteiger partial charge in [-0.2, -0.15) is 4.31 Å². The van der Waals surface area contributed by atoms with Crippen LogP contribution in [0.25, 0.3) is 0 Å². The molecule has 7 heteroatoms. The molecule has 1 N–H and O–H groups in total. The van der Waals surface area contributed by atoms with Crippen molar-refractivity contribution in [2.45, 2.75) is 25.1 Å². The third kappa shape index (κ3) is 4.20. The number of benzene rings is 1. The molecule has 0 amide bonds. The largest absolute Gasteiger partial charge is 0.395 e. The lowest BCUT2D eigenvalue weighted by atomic mass is 10.2. The first kappa shape index (κ1) is 17.7. The minimum atomic E-state index is -3.36. The monoisotopic (exact) mass is 346 g/mol. The topological polar surface area (TPSA) is 60.9 Å². The van der Waals surface area contributed by atoms with Crippen LogP contribution < -0.4 is 0 Å². The number of hydrogen-bond acceptors (Lipinski definition) is 4. The van der Waals surface area contributed by atoms with Gasteiger partial charge in [-0.1, -0.05) is 36.7 Å². The van der Waals surface area contributed by atoms with E-state index in [1.54, 1.807) is 24.3 Å². The van der Waals surface area contributed by atoms with Crippen molar-refractivity contribution in [3.63, 3.8) is 0 Å². The number of halogens is 1. The van der Waals surface area contributed by atoms with E-state index >= 15 is 0 Å². The summed E-state index contributed by atoms with van der Waals surface area (Å²) in [7, 11) is -3.36. The van der Waals surface area contributed by atoms with Crippen LogP contribution >= 0.6 is 11.6 Å². The average Bonchev–Trinajstić information content (AvgIpc) is 2.51. The Kier molecular flexibility index (Phi) is 6.23. The highest BCUT2D eigenvalue weighted by Gasteiger charge is 2.29. The van der Waals surface area contributed by atoms with E-state index in [-0.39, 0.29) is 18.4 Å². The predicted octanol–water partition coefficient (Wildman–Crippen LogP) is 1.56. The summed E-state index contributed by atoms with van der Waals surface area (Å²) in [5.74, 6) is -0.0656. The number of aliphatic hydroxyl groups excluding tert-OH is 1. The molecule has 1 heterocycles. The normalized spacial score (nSPS) is 19.2. The lowest BCUT2D eigenvalue weighted by Crippen LogP contribution is -2.52. The Morgan fingerprint density at radius 3 is 2.41 bits per heavy atom. The van der Waals surface area contributed by atoms with Gasteiger partial charge < -0.3 is 5.11 Å². The minimum absolute atomic E-state index is 0.0656. The zero-order valence-electron chi connectivity index (χ0n) is 12.8. The van der Waals surface area contributed by atoms with E-state index in [0.717, 1.165) is 6.42 Å². The van der Waals surface area contributed by atoms with E-state index in [4.69, 9.17) is 11.6 Å². The van der Waals surface area contributed by atoms with Gasteiger partial charge >= 0.3 is 0 Å². The molecule has 22 heavy (non-hydrogen) atoms. The zero-order chi connectivity index (χ0) is 16.2. The molecule has 1 aromatic carbocycles. The maximum absolute atomic E-state index is 12.5. The van der Waals surface area contributed by atoms with Crippen LogP contribution in [-0.2, 0) is 15.8 Å². The Balaban J connectivity index is 1.99. The van der Waals surface area contributed by atoms with Gasteiger partial charge in [0.25, 0.3) is 0 Å². The summed E-state index contributed by atoms with van der Waals surface area (Å²) in [4.78, 5) is 2.15. The second-order valence-electron chi connectivity index (χ2n) is 5.53. The van der Waals surface area contributed by atoms with E-state index in [9.17, 15) is 13.5 Å². The molecular formula is C15H23ClN2O3S. The average molecular weight is 347 g/mol. The van der Waals surface area contributed by atoms with E-state index in [1.165, 1.54) is 4.31 Å². The Morgan fingerprint density at radius 1 is 1.23 bits per heavy atom. The summed E-state index contributed by atoms with van der Waals surface area (Å²) in [6.07, 6.45) is 0.864. The van der Waals surface area contributed by atoms with E-state index < -0.39 is 10.0 Å². The zero-order valence-corrected chi connectivity index (χ0v) is 14.4. The molecule has 0 aromatic heterocycles. The standard InChI is InChI=1S/C15H23ClN2O3S/c1-2-14(11-19)17-7-9-18(10-8-17)22(20,21)12-13-5-3-4-6-15(13)16/h3-6,14,19H,2,7-12H2,1H3. The lowest BCUT2D eigenvalue weighted by molar-refractivity contribution is 0.0880. The fraction of sp³-hybridized carbons (Fsp3) is 0.600. The van der Waals surface area contributed by atoms with Crippen LogP contribution in [0.1, 0.15) is 18.9 Å². The number of rotatable bonds is 6. The molecule has 1 aliphatic heterocycles. The smallest absolute Gasteiger partial charge is 0.218 e. The van der Waals surface area contributed by atoms with Crippen molar-refractivity contribution in [2.24, 2.45) is 0 Å². The Hall–Kier alpha value is -0.660. The third-order valence-corrected chi connectivity index (χ3v) is 6.36. The molecule has 0 radical (unpaired) electrons. The summed E-state index contributed by atoms with van der Waals surface area (Å²) in [5, 5.41) is 9.82. The van der Waals surface area contributed by atoms with E-state index in [2.05, 4.69) is 4.90 Å². The van der Waals surface area contributed by atoms with Crippen molar-refractivity contribution < 1.29 is 13.5 Å². The molecule has 0 aliphatic carbocycles. The Bertz CT molecular complexity index is 582. The maximum atomic E-state index is 12.5. The molecule has 1 atom stereocenters. The van der Waals surface area contributed by atoms with Crippen molar-refractivity contribution in [1.82, 2.24) is 9.21 Å². The SMILES string of the molecule is CCC(CO)N1CCN(S(=O)(=O)Cc2ccccc2Cl)CC1. The van der Waals surface area contributed by atoms with Gasteiger partial charge in [-0.25, -0.2) is 8.42 Å². The second kappa shape index (κ2) is 7.75. The van der Waals surface area contributed by atoms with E-state index in [0.29, 0.717) is 36.8 Å². The highest BCUT2D eigenvalue weighted by molar-refractivity contribution is 7.88. The number of aliphatic hydroxyl groups is 1. The van der Waals surface area contributed by atoms with Gasteiger partial charge in [-0.3, -0.25) is 4.90 Å². The van der Waals surface area contributed by atoms with Crippen molar-refractivity contribution in [3.8, 4) is 0 Å². The lowest BCUT2D eigenvalue weighted by Gasteiger charge is -2.37. The van der Waals surface area contributed by atoms with Gasteiger partial charge in [-0.05, 0) is 18.1 Å². The molecule has 1 aromatic rings. The molecule has 2 rings (SSSR count). The summed E-state index contributed by atoms with van der Waals surface area (Å²) in [5.41, 5.74) is 0.633. The predicted molar refractivity (Wildman–Crippen MR) is 88.4 cm³/mol. The first-order valence-corrected chi connectivity index (χ1v) is 9.52. The highest BCUT2D eigenvalue weighted by atomic mass is 35.5. The van der Waals surface area contributed by atoms with Crippen LogP contribution in [0.4, 0.5) is 0 Å². The third-order valence-electron chi connectivity index (χ3n) is 4.16. The van der Waals surface area contributed by atoms with Crippen molar-refractivity contribution in [1.29, 1.82) is 0 Å².